The molecule has 1 unspecified atom stereocenters. The molecule has 0 fully saturated rings. The molecule has 202 valence electrons. The number of methoxy groups -OCH3 is 1. The number of esters is 2. The van der Waals surface area contributed by atoms with Crippen LogP contribution >= 0.6 is 0 Å². The number of phenols is 1. The summed E-state index contributed by atoms with van der Waals surface area (Å²) in [6.07, 6.45) is 3.48. The van der Waals surface area contributed by atoms with E-state index in [0.717, 1.165) is 22.0 Å². The first-order chi connectivity index (χ1) is 18.8. The molecule has 5 rings (SSSR count). The molecule has 2 aliphatic rings. The fourth-order valence-corrected chi connectivity index (χ4v) is 5.47. The Morgan fingerprint density at radius 2 is 1.85 bits per heavy atom. The summed E-state index contributed by atoms with van der Waals surface area (Å²) in [5.74, 6) is -1.41. The highest BCUT2D eigenvalue weighted by atomic mass is 16.5. The third-order valence-electron chi connectivity index (χ3n) is 7.22. The summed E-state index contributed by atoms with van der Waals surface area (Å²) in [5.41, 5.74) is 1.38. The largest absolute Gasteiger partial charge is 0.507 e. The third-order valence-corrected chi connectivity index (χ3v) is 7.22. The summed E-state index contributed by atoms with van der Waals surface area (Å²) in [7, 11) is 1.58. The first kappa shape index (κ1) is 26.1. The molecule has 0 saturated carbocycles. The fourth-order valence-electron chi connectivity index (χ4n) is 5.47. The van der Waals surface area contributed by atoms with E-state index in [2.05, 4.69) is 4.98 Å². The number of ketones is 1. The number of nitrogens with zero attached hydrogens (tertiary/aromatic N) is 1. The van der Waals surface area contributed by atoms with E-state index in [1.807, 2.05) is 25.1 Å². The SMILES string of the molecule is CCOC(=O)C1=CC(C(=O)c2cc(C)ccc2O)=CN2CCc3c([nH]c4ccc(OC)cc34)C12C(=O)OCC. The van der Waals surface area contributed by atoms with E-state index in [4.69, 9.17) is 14.2 Å². The Bertz CT molecular complexity index is 1560. The predicted molar refractivity (Wildman–Crippen MR) is 144 cm³/mol. The summed E-state index contributed by atoms with van der Waals surface area (Å²) in [6, 6.07) is 10.3. The van der Waals surface area contributed by atoms with Crippen LogP contribution in [0.2, 0.25) is 0 Å². The number of hydrogen-bond acceptors (Lipinski definition) is 8. The van der Waals surface area contributed by atoms with Crippen molar-refractivity contribution in [3.63, 3.8) is 0 Å². The van der Waals surface area contributed by atoms with E-state index in [9.17, 15) is 19.5 Å². The highest BCUT2D eigenvalue weighted by Gasteiger charge is 2.58. The molecule has 2 N–H and O–H groups in total. The number of H-pyrrole nitrogens is 1. The van der Waals surface area contributed by atoms with Gasteiger partial charge in [-0.25, -0.2) is 9.59 Å². The van der Waals surface area contributed by atoms with Crippen LogP contribution in [0.3, 0.4) is 0 Å². The van der Waals surface area contributed by atoms with Gasteiger partial charge < -0.3 is 29.2 Å². The predicted octanol–water partition coefficient (Wildman–Crippen LogP) is 4.08. The zero-order valence-electron chi connectivity index (χ0n) is 22.3. The molecule has 0 bridgehead atoms. The molecule has 3 heterocycles. The van der Waals surface area contributed by atoms with Crippen LogP contribution in [0.1, 0.15) is 41.0 Å². The molecular weight excluding hydrogens is 500 g/mol. The number of hydrogen-bond donors (Lipinski definition) is 2. The van der Waals surface area contributed by atoms with Crippen LogP contribution in [-0.2, 0) is 31.0 Å². The Kier molecular flexibility index (Phi) is 6.68. The summed E-state index contributed by atoms with van der Waals surface area (Å²) < 4.78 is 16.4. The number of benzene rings is 2. The van der Waals surface area contributed by atoms with Crippen molar-refractivity contribution >= 4 is 28.6 Å². The van der Waals surface area contributed by atoms with Crippen LogP contribution in [-0.4, -0.2) is 59.6 Å². The van der Waals surface area contributed by atoms with Gasteiger partial charge >= 0.3 is 11.9 Å². The molecule has 9 heteroatoms. The maximum atomic E-state index is 14.0. The van der Waals surface area contributed by atoms with Crippen LogP contribution in [0.25, 0.3) is 10.9 Å². The normalized spacial score (nSPS) is 18.0. The van der Waals surface area contributed by atoms with Crippen LogP contribution in [0.4, 0.5) is 0 Å². The fraction of sp³-hybridized carbons (Fsp3) is 0.300. The standard InChI is InChI=1S/C30H30N2O7/c1-5-38-28(35)23-14-18(26(34)22-13-17(3)7-10-25(22)33)16-32-12-11-20-21-15-19(37-4)8-9-24(21)31-27(20)30(23,32)29(36)39-6-2/h7-10,13-16,31,33H,5-6,11-12H2,1-4H3. The van der Waals surface area contributed by atoms with Crippen LogP contribution in [0, 0.1) is 6.92 Å². The van der Waals surface area contributed by atoms with E-state index in [1.54, 1.807) is 44.2 Å². The first-order valence-electron chi connectivity index (χ1n) is 12.8. The Balaban J connectivity index is 1.77. The number of Topliss-reactive ketones (excluding diaryl/α,β-unsaturated/α-hetero) is 1. The van der Waals surface area contributed by atoms with E-state index < -0.39 is 23.3 Å². The van der Waals surface area contributed by atoms with Gasteiger partial charge in [-0.2, -0.15) is 0 Å². The lowest BCUT2D eigenvalue weighted by atomic mass is 9.75. The van der Waals surface area contributed by atoms with Crippen LogP contribution in [0.15, 0.2) is 59.8 Å². The van der Waals surface area contributed by atoms with Crippen molar-refractivity contribution in [3.05, 3.63) is 82.2 Å². The van der Waals surface area contributed by atoms with Gasteiger partial charge in [-0.15, -0.1) is 0 Å². The maximum absolute atomic E-state index is 14.0. The number of rotatable bonds is 7. The average molecular weight is 531 g/mol. The minimum absolute atomic E-state index is 0.0414. The van der Waals surface area contributed by atoms with Crippen LogP contribution < -0.4 is 4.74 Å². The third kappa shape index (κ3) is 4.05. The Labute approximate surface area is 225 Å². The smallest absolute Gasteiger partial charge is 0.343 e. The second kappa shape index (κ2) is 9.98. The minimum Gasteiger partial charge on any atom is -0.507 e. The summed E-state index contributed by atoms with van der Waals surface area (Å²) in [5, 5.41) is 11.3. The van der Waals surface area contributed by atoms with Crippen molar-refractivity contribution in [2.75, 3.05) is 26.9 Å². The lowest BCUT2D eigenvalue weighted by molar-refractivity contribution is -0.159. The van der Waals surface area contributed by atoms with Crippen molar-refractivity contribution < 1.29 is 33.7 Å². The monoisotopic (exact) mass is 530 g/mol. The second-order valence-corrected chi connectivity index (χ2v) is 9.48. The van der Waals surface area contributed by atoms with Gasteiger partial charge in [0.2, 0.25) is 5.54 Å². The molecule has 0 radical (unpaired) electrons. The molecule has 0 saturated heterocycles. The number of aromatic amines is 1. The van der Waals surface area contributed by atoms with Gasteiger partial charge in [-0.1, -0.05) is 11.6 Å². The Hall–Kier alpha value is -4.53. The number of ether oxygens (including phenoxy) is 3. The quantitative estimate of drug-likeness (QED) is 0.347. The Morgan fingerprint density at radius 3 is 2.56 bits per heavy atom. The molecule has 2 aliphatic heterocycles. The molecule has 9 nitrogen and oxygen atoms in total. The number of carbonyl (C=O) groups excluding carboxylic acids is 3. The number of carbonyl (C=O) groups is 3. The molecule has 0 spiro atoms. The number of fused-ring (bicyclic) bond motifs is 5. The van der Waals surface area contributed by atoms with Gasteiger partial charge in [0, 0.05) is 29.2 Å². The number of aryl methyl sites for hydroxylation is 1. The van der Waals surface area contributed by atoms with Crippen molar-refractivity contribution in [2.45, 2.75) is 32.7 Å². The molecular formula is C30H30N2O7. The topological polar surface area (TPSA) is 118 Å². The highest BCUT2D eigenvalue weighted by Crippen LogP contribution is 2.48. The van der Waals surface area contributed by atoms with Crippen molar-refractivity contribution in [1.29, 1.82) is 0 Å². The van der Waals surface area contributed by atoms with Gasteiger partial charge in [0.15, 0.2) is 5.78 Å². The lowest BCUT2D eigenvalue weighted by Crippen LogP contribution is -2.58. The van der Waals surface area contributed by atoms with E-state index in [1.165, 1.54) is 12.1 Å². The number of phenolic OH excluding ortho intramolecular Hbond substituents is 1. The Morgan fingerprint density at radius 1 is 1.08 bits per heavy atom. The van der Waals surface area contributed by atoms with Gasteiger partial charge in [0.1, 0.15) is 11.5 Å². The summed E-state index contributed by atoms with van der Waals surface area (Å²) >= 11 is 0. The molecule has 1 aromatic heterocycles. The van der Waals surface area contributed by atoms with E-state index in [-0.39, 0.29) is 35.7 Å². The zero-order chi connectivity index (χ0) is 27.9. The second-order valence-electron chi connectivity index (χ2n) is 9.48. The first-order valence-corrected chi connectivity index (χ1v) is 12.8. The van der Waals surface area contributed by atoms with Gasteiger partial charge in [-0.3, -0.25) is 4.79 Å². The number of allylic oxidation sites excluding steroid dienone is 2. The average Bonchev–Trinajstić information content (AvgIpc) is 3.31. The van der Waals surface area contributed by atoms with E-state index in [0.29, 0.717) is 24.4 Å². The van der Waals surface area contributed by atoms with Crippen molar-refractivity contribution in [3.8, 4) is 11.5 Å². The van der Waals surface area contributed by atoms with Crippen molar-refractivity contribution in [1.82, 2.24) is 9.88 Å². The highest BCUT2D eigenvalue weighted by molar-refractivity contribution is 6.15. The molecule has 2 aromatic carbocycles. The summed E-state index contributed by atoms with van der Waals surface area (Å²) in [4.78, 5) is 46.2. The molecule has 39 heavy (non-hydrogen) atoms. The van der Waals surface area contributed by atoms with Crippen molar-refractivity contribution in [2.24, 2.45) is 0 Å². The zero-order valence-corrected chi connectivity index (χ0v) is 22.3. The maximum Gasteiger partial charge on any atom is 0.343 e. The lowest BCUT2D eigenvalue weighted by Gasteiger charge is -2.46. The molecule has 0 amide bonds. The summed E-state index contributed by atoms with van der Waals surface area (Å²) in [6.45, 7) is 5.64. The van der Waals surface area contributed by atoms with Gasteiger partial charge in [0.25, 0.3) is 0 Å². The number of aromatic nitrogens is 1. The van der Waals surface area contributed by atoms with Crippen LogP contribution in [0.5, 0.6) is 11.5 Å². The molecule has 0 aliphatic carbocycles. The van der Waals surface area contributed by atoms with E-state index >= 15 is 0 Å². The minimum atomic E-state index is -1.71. The number of aromatic hydroxyl groups is 1. The number of nitrogens with one attached hydrogen (secondary N) is 1. The van der Waals surface area contributed by atoms with Gasteiger partial charge in [0.05, 0.1) is 37.2 Å². The molecule has 3 aromatic rings. The molecule has 1 atom stereocenters. The van der Waals surface area contributed by atoms with Gasteiger partial charge in [-0.05, 0) is 69.2 Å².